The Morgan fingerprint density at radius 1 is 0.500 bits per heavy atom. The maximum atomic E-state index is 12.9. The molecule has 0 saturated carbocycles. The lowest BCUT2D eigenvalue weighted by Crippen LogP contribution is -2.61. The van der Waals surface area contributed by atoms with Gasteiger partial charge >= 0.3 is 11.9 Å². The molecule has 0 radical (unpaired) electrons. The average molecular weight is 809 g/mol. The summed E-state index contributed by atoms with van der Waals surface area (Å²) in [7, 11) is 0. The standard InChI is InChI=1S/C41H76O15/c1-3-5-7-9-11-13-14-15-16-18-20-22-24-33(44)54-29(26-51-32(43)23-21-19-17-12-10-8-6-4-2)27-52-40-39(50)37(48)35(46)31(56-40)28-53-41-38(49)36(47)34(45)30(25-42)55-41/h29-31,34-42,45-50H,3-28H2,1-2H3/t29-,30-,31-,34+,35+,36+,37+,38-,39-,40-,41+/m1/s1. The van der Waals surface area contributed by atoms with E-state index in [9.17, 15) is 45.3 Å². The highest BCUT2D eigenvalue weighted by Gasteiger charge is 2.47. The van der Waals surface area contributed by atoms with Crippen molar-refractivity contribution in [2.75, 3.05) is 26.4 Å². The summed E-state index contributed by atoms with van der Waals surface area (Å²) >= 11 is 0. The van der Waals surface area contributed by atoms with E-state index in [0.717, 1.165) is 38.5 Å². The number of rotatable bonds is 32. The molecule has 0 amide bonds. The summed E-state index contributed by atoms with van der Waals surface area (Å²) in [5, 5.41) is 71.6. The van der Waals surface area contributed by atoms with Gasteiger partial charge in [0, 0.05) is 12.8 Å². The first kappa shape index (κ1) is 50.6. The van der Waals surface area contributed by atoms with Gasteiger partial charge in [0.25, 0.3) is 0 Å². The second-order valence-corrected chi connectivity index (χ2v) is 15.5. The Kier molecular flexibility index (Phi) is 27.6. The lowest BCUT2D eigenvalue weighted by molar-refractivity contribution is -0.332. The zero-order chi connectivity index (χ0) is 41.1. The van der Waals surface area contributed by atoms with E-state index in [1.807, 2.05) is 0 Å². The van der Waals surface area contributed by atoms with Crippen LogP contribution in [0.25, 0.3) is 0 Å². The van der Waals surface area contributed by atoms with Crippen LogP contribution in [0.4, 0.5) is 0 Å². The summed E-state index contributed by atoms with van der Waals surface area (Å²) in [4.78, 5) is 25.4. The third kappa shape index (κ3) is 20.0. The topological polar surface area (TPSA) is 231 Å². The number of aliphatic hydroxyl groups excluding tert-OH is 7. The smallest absolute Gasteiger partial charge is 0.306 e. The molecule has 0 aliphatic carbocycles. The van der Waals surface area contributed by atoms with E-state index in [1.54, 1.807) is 0 Å². The number of carbonyl (C=O) groups excluding carboxylic acids is 2. The Morgan fingerprint density at radius 2 is 0.911 bits per heavy atom. The van der Waals surface area contributed by atoms with Crippen molar-refractivity contribution in [2.45, 2.75) is 223 Å². The molecule has 0 aromatic carbocycles. The zero-order valence-electron chi connectivity index (χ0n) is 34.1. The average Bonchev–Trinajstić information content (AvgIpc) is 3.19. The van der Waals surface area contributed by atoms with Crippen molar-refractivity contribution < 1.29 is 73.8 Å². The predicted molar refractivity (Wildman–Crippen MR) is 206 cm³/mol. The molecule has 2 fully saturated rings. The highest BCUT2D eigenvalue weighted by Crippen LogP contribution is 2.26. The van der Waals surface area contributed by atoms with Gasteiger partial charge in [0.2, 0.25) is 0 Å². The van der Waals surface area contributed by atoms with Crippen LogP contribution in [-0.4, -0.2) is 142 Å². The summed E-state index contributed by atoms with van der Waals surface area (Å²) in [5.41, 5.74) is 0. The van der Waals surface area contributed by atoms with Gasteiger partial charge in [-0.05, 0) is 12.8 Å². The maximum Gasteiger partial charge on any atom is 0.306 e. The molecule has 2 aliphatic heterocycles. The fourth-order valence-corrected chi connectivity index (χ4v) is 6.92. The minimum absolute atomic E-state index is 0.172. The molecule has 2 saturated heterocycles. The first-order chi connectivity index (χ1) is 27.0. The van der Waals surface area contributed by atoms with Gasteiger partial charge < -0.3 is 64.2 Å². The number of hydrogen-bond acceptors (Lipinski definition) is 15. The Hall–Kier alpha value is -1.50. The van der Waals surface area contributed by atoms with Crippen molar-refractivity contribution in [3.63, 3.8) is 0 Å². The van der Waals surface area contributed by atoms with Crippen LogP contribution in [0.5, 0.6) is 0 Å². The Bertz CT molecular complexity index is 1000. The van der Waals surface area contributed by atoms with E-state index >= 15 is 0 Å². The number of aliphatic hydroxyl groups is 7. The number of unbranched alkanes of at least 4 members (excludes halogenated alkanes) is 18. The van der Waals surface area contributed by atoms with Crippen LogP contribution in [0.2, 0.25) is 0 Å². The van der Waals surface area contributed by atoms with Crippen molar-refractivity contribution in [2.24, 2.45) is 0 Å². The van der Waals surface area contributed by atoms with Crippen molar-refractivity contribution in [1.29, 1.82) is 0 Å². The largest absolute Gasteiger partial charge is 0.462 e. The molecule has 2 aliphatic rings. The van der Waals surface area contributed by atoms with Gasteiger partial charge in [-0.1, -0.05) is 129 Å². The second-order valence-electron chi connectivity index (χ2n) is 15.5. The molecule has 15 heteroatoms. The Labute approximate surface area is 334 Å². The molecule has 56 heavy (non-hydrogen) atoms. The quantitative estimate of drug-likeness (QED) is 0.0380. The lowest BCUT2D eigenvalue weighted by atomic mass is 9.98. The number of hydrogen-bond donors (Lipinski definition) is 7. The minimum atomic E-state index is -1.76. The maximum absolute atomic E-state index is 12.9. The first-order valence-electron chi connectivity index (χ1n) is 21.6. The van der Waals surface area contributed by atoms with Crippen LogP contribution in [0.15, 0.2) is 0 Å². The predicted octanol–water partition coefficient (Wildman–Crippen LogP) is 3.70. The Balaban J connectivity index is 1.88. The summed E-state index contributed by atoms with van der Waals surface area (Å²) in [6.07, 6.45) is 6.00. The molecule has 0 aromatic heterocycles. The lowest BCUT2D eigenvalue weighted by Gasteiger charge is -2.42. The van der Waals surface area contributed by atoms with E-state index < -0.39 is 92.7 Å². The van der Waals surface area contributed by atoms with Crippen molar-refractivity contribution in [3.8, 4) is 0 Å². The number of carbonyl (C=O) groups is 2. The van der Waals surface area contributed by atoms with Crippen LogP contribution in [0.3, 0.4) is 0 Å². The molecule has 2 rings (SSSR count). The van der Waals surface area contributed by atoms with E-state index in [-0.39, 0.29) is 26.1 Å². The fourth-order valence-electron chi connectivity index (χ4n) is 6.92. The highest BCUT2D eigenvalue weighted by atomic mass is 16.7. The van der Waals surface area contributed by atoms with Crippen molar-refractivity contribution in [1.82, 2.24) is 0 Å². The van der Waals surface area contributed by atoms with Gasteiger partial charge in [0.05, 0.1) is 19.8 Å². The molecule has 11 atom stereocenters. The van der Waals surface area contributed by atoms with Crippen LogP contribution in [-0.2, 0) is 38.0 Å². The molecule has 0 bridgehead atoms. The van der Waals surface area contributed by atoms with Crippen LogP contribution < -0.4 is 0 Å². The first-order valence-corrected chi connectivity index (χ1v) is 21.6. The fraction of sp³-hybridized carbons (Fsp3) is 0.951. The molecule has 0 aromatic rings. The molecule has 7 N–H and O–H groups in total. The number of esters is 2. The SMILES string of the molecule is CCCCCCCCCCCCCCC(=O)O[C@H](COC(=O)CCCCCCCCCC)CO[C@@H]1O[C@H](CO[C@H]2O[C@H](CO)[C@H](O)[C@H](O)[C@H]2O)[C@H](O)[C@H](O)[C@H]1O. The molecule has 0 unspecified atom stereocenters. The summed E-state index contributed by atoms with van der Waals surface area (Å²) in [5.74, 6) is -0.924. The van der Waals surface area contributed by atoms with Gasteiger partial charge in [-0.15, -0.1) is 0 Å². The monoisotopic (exact) mass is 809 g/mol. The summed E-state index contributed by atoms with van der Waals surface area (Å²) < 4.78 is 33.3. The number of ether oxygens (including phenoxy) is 6. The second kappa shape index (κ2) is 30.5. The summed E-state index contributed by atoms with van der Waals surface area (Å²) in [6, 6.07) is 0. The molecular weight excluding hydrogens is 732 g/mol. The van der Waals surface area contributed by atoms with E-state index in [0.29, 0.717) is 12.8 Å². The minimum Gasteiger partial charge on any atom is -0.462 e. The van der Waals surface area contributed by atoms with Crippen LogP contribution in [0.1, 0.15) is 155 Å². The van der Waals surface area contributed by atoms with E-state index in [2.05, 4.69) is 13.8 Å². The van der Waals surface area contributed by atoms with E-state index in [4.69, 9.17) is 28.4 Å². The van der Waals surface area contributed by atoms with Crippen molar-refractivity contribution >= 4 is 11.9 Å². The summed E-state index contributed by atoms with van der Waals surface area (Å²) in [6.45, 7) is 2.53. The molecule has 0 spiro atoms. The van der Waals surface area contributed by atoms with Gasteiger partial charge in [-0.2, -0.15) is 0 Å². The third-order valence-corrected chi connectivity index (χ3v) is 10.6. The van der Waals surface area contributed by atoms with Crippen LogP contribution >= 0.6 is 0 Å². The third-order valence-electron chi connectivity index (χ3n) is 10.6. The van der Waals surface area contributed by atoms with Gasteiger partial charge in [0.1, 0.15) is 55.4 Å². The molecular formula is C41H76O15. The molecule has 330 valence electrons. The molecule has 2 heterocycles. The zero-order valence-corrected chi connectivity index (χ0v) is 34.1. The van der Waals surface area contributed by atoms with Crippen LogP contribution in [0, 0.1) is 0 Å². The van der Waals surface area contributed by atoms with Gasteiger partial charge in [-0.3, -0.25) is 9.59 Å². The van der Waals surface area contributed by atoms with Crippen molar-refractivity contribution in [3.05, 3.63) is 0 Å². The van der Waals surface area contributed by atoms with Gasteiger partial charge in [-0.25, -0.2) is 0 Å². The normalized spacial score (nSPS) is 28.6. The van der Waals surface area contributed by atoms with Gasteiger partial charge in [0.15, 0.2) is 18.7 Å². The van der Waals surface area contributed by atoms with E-state index in [1.165, 1.54) is 77.0 Å². The molecule has 15 nitrogen and oxygen atoms in total. The Morgan fingerprint density at radius 3 is 1.39 bits per heavy atom. The highest BCUT2D eigenvalue weighted by molar-refractivity contribution is 5.70.